The smallest absolute Gasteiger partial charge is 0.128 e. The van der Waals surface area contributed by atoms with E-state index in [2.05, 4.69) is 12.2 Å². The molecule has 3 atom stereocenters. The Hall–Kier alpha value is -1.10. The molecule has 2 rings (SSSR count). The zero-order valence-corrected chi connectivity index (χ0v) is 12.6. The van der Waals surface area contributed by atoms with Crippen molar-refractivity contribution in [3.05, 3.63) is 29.8 Å². The third-order valence-electron chi connectivity index (χ3n) is 3.67. The van der Waals surface area contributed by atoms with Gasteiger partial charge in [0, 0.05) is 26.7 Å². The van der Waals surface area contributed by atoms with Gasteiger partial charge in [0.1, 0.15) is 18.0 Å². The van der Waals surface area contributed by atoms with E-state index in [1.165, 1.54) is 0 Å². The van der Waals surface area contributed by atoms with E-state index in [9.17, 15) is 0 Å². The van der Waals surface area contributed by atoms with Gasteiger partial charge in [-0.2, -0.15) is 0 Å². The molecule has 1 fully saturated rings. The highest BCUT2D eigenvalue weighted by molar-refractivity contribution is 5.28. The van der Waals surface area contributed by atoms with Gasteiger partial charge in [0.15, 0.2) is 0 Å². The second-order valence-electron chi connectivity index (χ2n) is 5.23. The first-order chi connectivity index (χ1) is 9.78. The fraction of sp³-hybridized carbons (Fsp3) is 0.625. The lowest BCUT2D eigenvalue weighted by Gasteiger charge is -2.43. The number of benzene rings is 1. The average molecular weight is 279 g/mol. The van der Waals surface area contributed by atoms with E-state index in [-0.39, 0.29) is 12.2 Å². The molecule has 0 amide bonds. The second kappa shape index (κ2) is 7.62. The lowest BCUT2D eigenvalue weighted by atomic mass is 9.85. The van der Waals surface area contributed by atoms with E-state index in [0.717, 1.165) is 30.7 Å². The van der Waals surface area contributed by atoms with Gasteiger partial charge in [-0.1, -0.05) is 19.1 Å². The van der Waals surface area contributed by atoms with Crippen molar-refractivity contribution in [3.8, 4) is 5.75 Å². The molecule has 1 aromatic rings. The molecule has 0 saturated heterocycles. The fourth-order valence-corrected chi connectivity index (χ4v) is 2.59. The maximum absolute atomic E-state index is 6.03. The fourth-order valence-electron chi connectivity index (χ4n) is 2.59. The molecular weight excluding hydrogens is 254 g/mol. The molecule has 3 unspecified atom stereocenters. The summed E-state index contributed by atoms with van der Waals surface area (Å²) in [6, 6.07) is 8.46. The highest BCUT2D eigenvalue weighted by atomic mass is 16.5. The van der Waals surface area contributed by atoms with Crippen LogP contribution in [0.4, 0.5) is 0 Å². The van der Waals surface area contributed by atoms with Crippen LogP contribution < -0.4 is 10.1 Å². The van der Waals surface area contributed by atoms with Crippen LogP contribution in [0.3, 0.4) is 0 Å². The molecule has 0 heterocycles. The molecule has 1 saturated carbocycles. The summed E-state index contributed by atoms with van der Waals surface area (Å²) in [5, 5.41) is 3.49. The Morgan fingerprint density at radius 1 is 1.30 bits per heavy atom. The van der Waals surface area contributed by atoms with Gasteiger partial charge in [0.2, 0.25) is 0 Å². The van der Waals surface area contributed by atoms with E-state index in [0.29, 0.717) is 12.6 Å². The maximum Gasteiger partial charge on any atom is 0.128 e. The van der Waals surface area contributed by atoms with Crippen molar-refractivity contribution < 1.29 is 14.2 Å². The summed E-state index contributed by atoms with van der Waals surface area (Å²) in [7, 11) is 3.45. The summed E-state index contributed by atoms with van der Waals surface area (Å²) in [5.74, 6) is 0.889. The van der Waals surface area contributed by atoms with Gasteiger partial charge in [-0.05, 0) is 30.7 Å². The third kappa shape index (κ3) is 3.72. The van der Waals surface area contributed by atoms with Crippen molar-refractivity contribution >= 4 is 0 Å². The van der Waals surface area contributed by atoms with Crippen LogP contribution in [-0.2, 0) is 16.1 Å². The molecule has 4 nitrogen and oxygen atoms in total. The van der Waals surface area contributed by atoms with E-state index in [4.69, 9.17) is 14.2 Å². The van der Waals surface area contributed by atoms with E-state index in [1.807, 2.05) is 24.3 Å². The van der Waals surface area contributed by atoms with Gasteiger partial charge < -0.3 is 19.5 Å². The van der Waals surface area contributed by atoms with Crippen molar-refractivity contribution in [2.24, 2.45) is 0 Å². The Balaban J connectivity index is 1.89. The van der Waals surface area contributed by atoms with Crippen molar-refractivity contribution in [2.45, 2.75) is 44.6 Å². The first-order valence-electron chi connectivity index (χ1n) is 7.29. The summed E-state index contributed by atoms with van der Waals surface area (Å²) in [6.45, 7) is 3.81. The minimum absolute atomic E-state index is 0.132. The van der Waals surface area contributed by atoms with Gasteiger partial charge in [0.05, 0.1) is 6.61 Å². The average Bonchev–Trinajstić information content (AvgIpc) is 2.43. The second-order valence-corrected chi connectivity index (χ2v) is 5.23. The van der Waals surface area contributed by atoms with Gasteiger partial charge in [0.25, 0.3) is 0 Å². The Morgan fingerprint density at radius 2 is 2.15 bits per heavy atom. The molecule has 20 heavy (non-hydrogen) atoms. The molecule has 0 aromatic heterocycles. The molecule has 1 aromatic carbocycles. The predicted molar refractivity (Wildman–Crippen MR) is 79.1 cm³/mol. The van der Waals surface area contributed by atoms with Crippen LogP contribution in [0.25, 0.3) is 0 Å². The first-order valence-corrected chi connectivity index (χ1v) is 7.29. The van der Waals surface area contributed by atoms with Crippen LogP contribution in [0.15, 0.2) is 24.3 Å². The molecular formula is C16H25NO3. The van der Waals surface area contributed by atoms with E-state index < -0.39 is 0 Å². The minimum Gasteiger partial charge on any atom is -0.488 e. The van der Waals surface area contributed by atoms with Crippen molar-refractivity contribution in [3.63, 3.8) is 0 Å². The number of nitrogens with one attached hydrogen (secondary N) is 1. The zero-order valence-electron chi connectivity index (χ0n) is 12.6. The van der Waals surface area contributed by atoms with Gasteiger partial charge in [-0.15, -0.1) is 0 Å². The van der Waals surface area contributed by atoms with Crippen LogP contribution >= 0.6 is 0 Å². The van der Waals surface area contributed by atoms with Gasteiger partial charge >= 0.3 is 0 Å². The topological polar surface area (TPSA) is 39.7 Å². The van der Waals surface area contributed by atoms with Crippen LogP contribution in [0.5, 0.6) is 5.75 Å². The summed E-state index contributed by atoms with van der Waals surface area (Å²) in [6.07, 6.45) is 2.39. The third-order valence-corrected chi connectivity index (χ3v) is 3.67. The van der Waals surface area contributed by atoms with E-state index in [1.54, 1.807) is 14.2 Å². The highest BCUT2D eigenvalue weighted by Gasteiger charge is 2.42. The van der Waals surface area contributed by atoms with Crippen molar-refractivity contribution in [2.75, 3.05) is 20.8 Å². The Bertz CT molecular complexity index is 410. The number of ether oxygens (including phenoxy) is 3. The van der Waals surface area contributed by atoms with Crippen LogP contribution in [0.1, 0.15) is 25.3 Å². The molecule has 0 radical (unpaired) electrons. The normalized spacial score (nSPS) is 25.2. The van der Waals surface area contributed by atoms with Crippen molar-refractivity contribution in [1.82, 2.24) is 5.32 Å². The number of hydrogen-bond donors (Lipinski definition) is 1. The molecule has 112 valence electrons. The van der Waals surface area contributed by atoms with Crippen LogP contribution in [0, 0.1) is 0 Å². The lowest BCUT2D eigenvalue weighted by Crippen LogP contribution is -2.61. The maximum atomic E-state index is 6.03. The molecule has 1 N–H and O–H groups in total. The summed E-state index contributed by atoms with van der Waals surface area (Å²) >= 11 is 0. The van der Waals surface area contributed by atoms with Gasteiger partial charge in [-0.25, -0.2) is 0 Å². The largest absolute Gasteiger partial charge is 0.488 e. The standard InChI is InChI=1S/C16H25NO3/c1-4-8-17-14-10-15(16(14)19-3)20-13-7-5-6-12(9-13)11-18-2/h5-7,9,14-17H,4,8,10-11H2,1-3H3. The van der Waals surface area contributed by atoms with Gasteiger partial charge in [-0.3, -0.25) is 0 Å². The molecule has 1 aliphatic rings. The molecule has 1 aliphatic carbocycles. The molecule has 0 aliphatic heterocycles. The predicted octanol–water partition coefficient (Wildman–Crippen LogP) is 2.37. The first kappa shape index (κ1) is 15.3. The molecule has 0 spiro atoms. The van der Waals surface area contributed by atoms with E-state index >= 15 is 0 Å². The zero-order chi connectivity index (χ0) is 14.4. The molecule has 0 bridgehead atoms. The Labute approximate surface area is 121 Å². The highest BCUT2D eigenvalue weighted by Crippen LogP contribution is 2.29. The summed E-state index contributed by atoms with van der Waals surface area (Å²) in [5.41, 5.74) is 1.12. The quantitative estimate of drug-likeness (QED) is 0.793. The summed E-state index contributed by atoms with van der Waals surface area (Å²) in [4.78, 5) is 0. The monoisotopic (exact) mass is 279 g/mol. The number of hydrogen-bond acceptors (Lipinski definition) is 4. The van der Waals surface area contributed by atoms with Crippen LogP contribution in [0.2, 0.25) is 0 Å². The lowest BCUT2D eigenvalue weighted by molar-refractivity contribution is -0.0887. The Morgan fingerprint density at radius 3 is 2.85 bits per heavy atom. The molecule has 4 heteroatoms. The van der Waals surface area contributed by atoms with Crippen LogP contribution in [-0.4, -0.2) is 39.0 Å². The number of methoxy groups -OCH3 is 2. The van der Waals surface area contributed by atoms with Crippen molar-refractivity contribution in [1.29, 1.82) is 0 Å². The Kier molecular flexibility index (Phi) is 5.83. The SMILES string of the molecule is CCCNC1CC(Oc2cccc(COC)c2)C1OC. The summed E-state index contributed by atoms with van der Waals surface area (Å²) < 4.78 is 16.7. The number of rotatable bonds is 8. The minimum atomic E-state index is 0.132.